The third-order valence-corrected chi connectivity index (χ3v) is 5.43. The number of aryl methyl sites for hydroxylation is 2. The van der Waals surface area contributed by atoms with Gasteiger partial charge in [-0.05, 0) is 54.3 Å². The second-order valence-corrected chi connectivity index (χ2v) is 7.47. The predicted molar refractivity (Wildman–Crippen MR) is 114 cm³/mol. The normalized spacial score (nSPS) is 13.7. The van der Waals surface area contributed by atoms with Crippen molar-refractivity contribution in [3.8, 4) is 6.07 Å². The molecular formula is C24H22F6N2O. The van der Waals surface area contributed by atoms with Crippen LogP contribution in [0.4, 0.5) is 32.0 Å². The van der Waals surface area contributed by atoms with Crippen LogP contribution in [-0.4, -0.2) is 18.0 Å². The Morgan fingerprint density at radius 1 is 1.12 bits per heavy atom. The van der Waals surface area contributed by atoms with Gasteiger partial charge in [0.2, 0.25) is 0 Å². The van der Waals surface area contributed by atoms with Gasteiger partial charge in [0.15, 0.2) is 0 Å². The number of carbonyl (C=O) groups is 1. The minimum Gasteiger partial charge on any atom is -0.321 e. The van der Waals surface area contributed by atoms with E-state index in [1.807, 2.05) is 6.07 Å². The maximum Gasteiger partial charge on any atom is 0.432 e. The van der Waals surface area contributed by atoms with Gasteiger partial charge in [-0.15, -0.1) is 0 Å². The molecule has 2 aromatic carbocycles. The molecule has 2 aromatic rings. The minimum absolute atomic E-state index is 0.00605. The summed E-state index contributed by atoms with van der Waals surface area (Å²) in [4.78, 5) is 12.7. The van der Waals surface area contributed by atoms with Crippen LogP contribution in [0.1, 0.15) is 58.4 Å². The van der Waals surface area contributed by atoms with Crippen molar-refractivity contribution >= 4 is 17.7 Å². The maximum atomic E-state index is 15.1. The van der Waals surface area contributed by atoms with E-state index in [9.17, 15) is 26.7 Å². The van der Waals surface area contributed by atoms with E-state index in [4.69, 9.17) is 5.26 Å². The Morgan fingerprint density at radius 3 is 2.24 bits per heavy atom. The van der Waals surface area contributed by atoms with E-state index in [0.29, 0.717) is 23.3 Å². The number of nitrogens with zero attached hydrogens (tertiary/aromatic N) is 1. The quantitative estimate of drug-likeness (QED) is 0.441. The number of amides is 1. The van der Waals surface area contributed by atoms with Crippen molar-refractivity contribution in [3.05, 3.63) is 70.3 Å². The Morgan fingerprint density at radius 2 is 1.76 bits per heavy atom. The van der Waals surface area contributed by atoms with Crippen molar-refractivity contribution in [1.82, 2.24) is 0 Å². The Bertz CT molecular complexity index is 1120. The first-order valence-electron chi connectivity index (χ1n) is 10.0. The number of anilines is 1. The number of nitrogens with one attached hydrogen (secondary N) is 1. The van der Waals surface area contributed by atoms with Gasteiger partial charge in [-0.1, -0.05) is 32.6 Å². The van der Waals surface area contributed by atoms with E-state index < -0.39 is 35.7 Å². The molecule has 2 rings (SSSR count). The molecule has 33 heavy (non-hydrogen) atoms. The lowest BCUT2D eigenvalue weighted by molar-refractivity contribution is -0.310. The molecule has 0 fully saturated rings. The number of carbonyl (C=O) groups excluding carboxylic acids is 1. The van der Waals surface area contributed by atoms with Gasteiger partial charge in [0, 0.05) is 23.2 Å². The van der Waals surface area contributed by atoms with E-state index >= 15 is 4.39 Å². The maximum absolute atomic E-state index is 15.1. The van der Waals surface area contributed by atoms with Gasteiger partial charge in [0.25, 0.3) is 17.5 Å². The summed E-state index contributed by atoms with van der Waals surface area (Å²) in [6.45, 7) is 7.19. The molecule has 0 spiro atoms. The molecule has 1 atom stereocenters. The molecule has 1 unspecified atom stereocenters. The number of halogens is 6. The van der Waals surface area contributed by atoms with Crippen molar-refractivity contribution in [1.29, 1.82) is 5.26 Å². The Labute approximate surface area is 187 Å². The zero-order chi connectivity index (χ0) is 25.2. The number of rotatable bonds is 7. The molecular weight excluding hydrogens is 446 g/mol. The molecule has 0 bridgehead atoms. The van der Waals surface area contributed by atoms with Gasteiger partial charge >= 0.3 is 6.18 Å². The van der Waals surface area contributed by atoms with Gasteiger partial charge in [-0.25, -0.2) is 13.2 Å². The third-order valence-electron chi connectivity index (χ3n) is 5.43. The fourth-order valence-corrected chi connectivity index (χ4v) is 3.50. The molecule has 0 heterocycles. The molecule has 0 radical (unpaired) electrons. The summed E-state index contributed by atoms with van der Waals surface area (Å²) in [6.07, 6.45) is -5.79. The summed E-state index contributed by atoms with van der Waals surface area (Å²) in [5.74, 6) is -5.34. The van der Waals surface area contributed by atoms with Gasteiger partial charge in [0.05, 0.1) is 11.6 Å². The number of hydrogen-bond acceptors (Lipinski definition) is 2. The van der Waals surface area contributed by atoms with E-state index in [-0.39, 0.29) is 28.8 Å². The van der Waals surface area contributed by atoms with Gasteiger partial charge in [-0.3, -0.25) is 4.79 Å². The zero-order valence-electron chi connectivity index (χ0n) is 18.2. The SMILES string of the molecule is C=Cc1cc(C(=O)Nc2c(C)cc(C(F)(C(F)(F)F)C(F)(F)CC)cc2CC)ccc1C#N. The predicted octanol–water partition coefficient (Wildman–Crippen LogP) is 7.10. The number of hydrogen-bond donors (Lipinski definition) is 1. The van der Waals surface area contributed by atoms with Crippen LogP contribution in [0, 0.1) is 18.3 Å². The second-order valence-electron chi connectivity index (χ2n) is 7.47. The molecule has 0 saturated carbocycles. The van der Waals surface area contributed by atoms with Crippen molar-refractivity contribution < 1.29 is 31.1 Å². The molecule has 1 amide bonds. The first kappa shape index (κ1) is 26.0. The van der Waals surface area contributed by atoms with Crippen LogP contribution in [0.15, 0.2) is 36.9 Å². The monoisotopic (exact) mass is 468 g/mol. The van der Waals surface area contributed by atoms with E-state index in [1.165, 1.54) is 38.1 Å². The summed E-state index contributed by atoms with van der Waals surface area (Å²) >= 11 is 0. The summed E-state index contributed by atoms with van der Waals surface area (Å²) in [6, 6.07) is 7.55. The van der Waals surface area contributed by atoms with Crippen LogP contribution in [0.3, 0.4) is 0 Å². The molecule has 176 valence electrons. The molecule has 0 aliphatic carbocycles. The van der Waals surface area contributed by atoms with Crippen LogP contribution in [0.2, 0.25) is 0 Å². The van der Waals surface area contributed by atoms with Crippen LogP contribution in [0.25, 0.3) is 6.08 Å². The lowest BCUT2D eigenvalue weighted by Crippen LogP contribution is -2.52. The average Bonchev–Trinajstić information content (AvgIpc) is 2.77. The van der Waals surface area contributed by atoms with Gasteiger partial charge < -0.3 is 5.32 Å². The van der Waals surface area contributed by atoms with E-state index in [0.717, 1.165) is 6.92 Å². The zero-order valence-corrected chi connectivity index (χ0v) is 18.2. The Hall–Kier alpha value is -3.28. The smallest absolute Gasteiger partial charge is 0.321 e. The number of nitriles is 1. The fourth-order valence-electron chi connectivity index (χ4n) is 3.50. The number of alkyl halides is 6. The molecule has 0 aliphatic heterocycles. The van der Waals surface area contributed by atoms with Crippen LogP contribution in [-0.2, 0) is 12.1 Å². The lowest BCUT2D eigenvalue weighted by Gasteiger charge is -2.35. The average molecular weight is 468 g/mol. The van der Waals surface area contributed by atoms with E-state index in [1.54, 1.807) is 0 Å². The Kier molecular flexibility index (Phi) is 7.32. The highest BCUT2D eigenvalue weighted by molar-refractivity contribution is 6.05. The third kappa shape index (κ3) is 4.61. The minimum atomic E-state index is -5.86. The van der Waals surface area contributed by atoms with Crippen molar-refractivity contribution in [2.75, 3.05) is 5.32 Å². The summed E-state index contributed by atoms with van der Waals surface area (Å²) < 4.78 is 84.2. The van der Waals surface area contributed by atoms with Gasteiger partial charge in [0.1, 0.15) is 0 Å². The van der Waals surface area contributed by atoms with Crippen LogP contribution >= 0.6 is 0 Å². The highest BCUT2D eigenvalue weighted by atomic mass is 19.4. The summed E-state index contributed by atoms with van der Waals surface area (Å²) in [5.41, 5.74) is -5.12. The highest BCUT2D eigenvalue weighted by Gasteiger charge is 2.71. The fraction of sp³-hybridized carbons (Fsp3) is 0.333. The standard InChI is InChI=1S/C24H22F6N2O/c1-5-15-11-17(8-9-18(15)13-31)21(33)32-20-14(4)10-19(12-16(20)6-2)23(27,24(28,29)30)22(25,26)7-3/h5,8-12H,1,6-7H2,2-4H3,(H,32,33). The summed E-state index contributed by atoms with van der Waals surface area (Å²) in [7, 11) is 0. The van der Waals surface area contributed by atoms with Crippen LogP contribution < -0.4 is 5.32 Å². The number of benzene rings is 2. The second kappa shape index (κ2) is 9.30. The molecule has 3 nitrogen and oxygen atoms in total. The van der Waals surface area contributed by atoms with Gasteiger partial charge in [-0.2, -0.15) is 18.4 Å². The van der Waals surface area contributed by atoms with Crippen molar-refractivity contribution in [2.45, 2.75) is 51.4 Å². The largest absolute Gasteiger partial charge is 0.432 e. The molecule has 9 heteroatoms. The van der Waals surface area contributed by atoms with E-state index in [2.05, 4.69) is 11.9 Å². The van der Waals surface area contributed by atoms with Crippen molar-refractivity contribution in [2.24, 2.45) is 0 Å². The lowest BCUT2D eigenvalue weighted by atomic mass is 9.84. The van der Waals surface area contributed by atoms with Crippen LogP contribution in [0.5, 0.6) is 0 Å². The topological polar surface area (TPSA) is 52.9 Å². The highest BCUT2D eigenvalue weighted by Crippen LogP contribution is 2.54. The molecule has 0 aromatic heterocycles. The first-order valence-corrected chi connectivity index (χ1v) is 10.0. The van der Waals surface area contributed by atoms with Crippen molar-refractivity contribution in [3.63, 3.8) is 0 Å². The first-order chi connectivity index (χ1) is 15.3. The molecule has 0 aliphatic rings. The molecule has 0 saturated heterocycles. The molecule has 1 N–H and O–H groups in total. The Balaban J connectivity index is 2.58. The summed E-state index contributed by atoms with van der Waals surface area (Å²) in [5, 5.41) is 11.6.